The molecule has 34 heavy (non-hydrogen) atoms. The molecule has 0 aliphatic rings. The minimum atomic E-state index is -0.455. The van der Waals surface area contributed by atoms with Crippen molar-refractivity contribution in [3.05, 3.63) is 125 Å². The Morgan fingerprint density at radius 1 is 0.706 bits per heavy atom. The van der Waals surface area contributed by atoms with Gasteiger partial charge in [-0.05, 0) is 84.2 Å². The summed E-state index contributed by atoms with van der Waals surface area (Å²) in [5.74, 6) is 0.0000666. The van der Waals surface area contributed by atoms with Crippen molar-refractivity contribution in [1.82, 2.24) is 0 Å². The van der Waals surface area contributed by atoms with E-state index in [0.717, 1.165) is 34.4 Å². The molecule has 1 nitrogen and oxygen atoms in total. The standard InChI is InChI=1S/C31H30F2O/c1-3-34-28-17-15-27(16-18-28)26-13-11-23(12-14-26)9-10-24-20-30(32)29(31(33)21-24)19-22(2)25-7-5-4-6-8-25/h4-8,11-18,20-22H,3,9-10,19H2,1-2H3/t22-/m1/s1. The molecule has 0 aromatic heterocycles. The number of hydrogen-bond donors (Lipinski definition) is 0. The molecule has 0 heterocycles. The molecule has 0 saturated heterocycles. The van der Waals surface area contributed by atoms with Crippen LogP contribution < -0.4 is 4.74 Å². The van der Waals surface area contributed by atoms with Gasteiger partial charge in [0.1, 0.15) is 17.4 Å². The summed E-state index contributed by atoms with van der Waals surface area (Å²) >= 11 is 0. The van der Waals surface area contributed by atoms with Crippen LogP contribution in [0.4, 0.5) is 8.78 Å². The van der Waals surface area contributed by atoms with Gasteiger partial charge < -0.3 is 4.74 Å². The molecular weight excluding hydrogens is 426 g/mol. The minimum absolute atomic E-state index is 0.0462. The lowest BCUT2D eigenvalue weighted by Crippen LogP contribution is -2.05. The van der Waals surface area contributed by atoms with Crippen molar-refractivity contribution >= 4 is 0 Å². The Morgan fingerprint density at radius 2 is 1.26 bits per heavy atom. The molecule has 0 bridgehead atoms. The normalized spacial score (nSPS) is 11.9. The molecule has 0 saturated carbocycles. The Kier molecular flexibility index (Phi) is 7.74. The molecule has 4 rings (SSSR count). The van der Waals surface area contributed by atoms with Crippen molar-refractivity contribution in [2.75, 3.05) is 6.61 Å². The molecule has 0 aliphatic heterocycles. The molecule has 0 spiro atoms. The molecule has 174 valence electrons. The van der Waals surface area contributed by atoms with Gasteiger partial charge in [0.05, 0.1) is 6.61 Å². The summed E-state index contributed by atoms with van der Waals surface area (Å²) < 4.78 is 35.1. The van der Waals surface area contributed by atoms with Crippen molar-refractivity contribution in [1.29, 1.82) is 0 Å². The largest absolute Gasteiger partial charge is 0.494 e. The van der Waals surface area contributed by atoms with Gasteiger partial charge in [-0.15, -0.1) is 0 Å². The lowest BCUT2D eigenvalue weighted by atomic mass is 9.92. The van der Waals surface area contributed by atoms with Crippen LogP contribution >= 0.6 is 0 Å². The lowest BCUT2D eigenvalue weighted by Gasteiger charge is -2.14. The molecular formula is C31H30F2O. The highest BCUT2D eigenvalue weighted by molar-refractivity contribution is 5.64. The van der Waals surface area contributed by atoms with Crippen molar-refractivity contribution in [3.8, 4) is 16.9 Å². The topological polar surface area (TPSA) is 9.23 Å². The minimum Gasteiger partial charge on any atom is -0.494 e. The zero-order valence-electron chi connectivity index (χ0n) is 19.7. The van der Waals surface area contributed by atoms with E-state index in [1.165, 1.54) is 12.1 Å². The Labute approximate surface area is 201 Å². The van der Waals surface area contributed by atoms with Crippen molar-refractivity contribution in [2.24, 2.45) is 0 Å². The summed E-state index contributed by atoms with van der Waals surface area (Å²) in [6, 6.07) is 29.2. The number of benzene rings is 4. The van der Waals surface area contributed by atoms with E-state index in [1.54, 1.807) is 0 Å². The maximum absolute atomic E-state index is 14.8. The van der Waals surface area contributed by atoms with Crippen LogP contribution in [-0.4, -0.2) is 6.61 Å². The average molecular weight is 457 g/mol. The van der Waals surface area contributed by atoms with Crippen LogP contribution in [0, 0.1) is 11.6 Å². The van der Waals surface area contributed by atoms with Gasteiger partial charge in [-0.2, -0.15) is 0 Å². The summed E-state index contributed by atoms with van der Waals surface area (Å²) in [5, 5.41) is 0. The molecule has 0 amide bonds. The van der Waals surface area contributed by atoms with Crippen LogP contribution in [0.15, 0.2) is 91.0 Å². The smallest absolute Gasteiger partial charge is 0.129 e. The van der Waals surface area contributed by atoms with Gasteiger partial charge in [0, 0.05) is 5.56 Å². The van der Waals surface area contributed by atoms with Gasteiger partial charge in [-0.25, -0.2) is 8.78 Å². The molecule has 0 N–H and O–H groups in total. The van der Waals surface area contributed by atoms with Crippen LogP contribution in [0.25, 0.3) is 11.1 Å². The fraction of sp³-hybridized carbons (Fsp3) is 0.226. The van der Waals surface area contributed by atoms with Crippen molar-refractivity contribution in [3.63, 3.8) is 0 Å². The highest BCUT2D eigenvalue weighted by Crippen LogP contribution is 2.26. The summed E-state index contributed by atoms with van der Waals surface area (Å²) in [6.07, 6.45) is 1.65. The van der Waals surface area contributed by atoms with E-state index in [1.807, 2.05) is 68.4 Å². The van der Waals surface area contributed by atoms with E-state index in [2.05, 4.69) is 24.3 Å². The Bertz CT molecular complexity index is 1180. The van der Waals surface area contributed by atoms with E-state index in [-0.39, 0.29) is 11.5 Å². The second-order valence-corrected chi connectivity index (χ2v) is 8.71. The quantitative estimate of drug-likeness (QED) is 0.247. The van der Waals surface area contributed by atoms with Gasteiger partial charge in [0.2, 0.25) is 0 Å². The predicted octanol–water partition coefficient (Wildman–Crippen LogP) is 8.16. The number of rotatable bonds is 9. The highest BCUT2D eigenvalue weighted by Gasteiger charge is 2.16. The third kappa shape index (κ3) is 5.91. The van der Waals surface area contributed by atoms with Crippen LogP contribution in [-0.2, 0) is 19.3 Å². The molecule has 4 aromatic carbocycles. The van der Waals surface area contributed by atoms with Gasteiger partial charge in [-0.3, -0.25) is 0 Å². The molecule has 0 aliphatic carbocycles. The van der Waals surface area contributed by atoms with E-state index in [9.17, 15) is 8.78 Å². The zero-order valence-corrected chi connectivity index (χ0v) is 19.7. The Balaban J connectivity index is 1.38. The SMILES string of the molecule is CCOc1ccc(-c2ccc(CCc3cc(F)c(C[C@@H](C)c4ccccc4)c(F)c3)cc2)cc1. The van der Waals surface area contributed by atoms with E-state index < -0.39 is 11.6 Å². The number of hydrogen-bond acceptors (Lipinski definition) is 1. The summed E-state index contributed by atoms with van der Waals surface area (Å²) in [7, 11) is 0. The third-order valence-electron chi connectivity index (χ3n) is 6.23. The Morgan fingerprint density at radius 3 is 1.85 bits per heavy atom. The molecule has 0 radical (unpaired) electrons. The van der Waals surface area contributed by atoms with E-state index >= 15 is 0 Å². The summed E-state index contributed by atoms with van der Waals surface area (Å²) in [6.45, 7) is 4.62. The maximum atomic E-state index is 14.8. The number of ether oxygens (including phenoxy) is 1. The maximum Gasteiger partial charge on any atom is 0.129 e. The van der Waals surface area contributed by atoms with E-state index in [0.29, 0.717) is 25.0 Å². The second-order valence-electron chi connectivity index (χ2n) is 8.71. The molecule has 0 fully saturated rings. The fourth-order valence-corrected chi connectivity index (χ4v) is 4.26. The highest BCUT2D eigenvalue weighted by atomic mass is 19.1. The van der Waals surface area contributed by atoms with Crippen LogP contribution in [0.5, 0.6) is 5.75 Å². The van der Waals surface area contributed by atoms with Crippen LogP contribution in [0.1, 0.15) is 42.0 Å². The summed E-state index contributed by atoms with van der Waals surface area (Å²) in [5.41, 5.74) is 5.32. The van der Waals surface area contributed by atoms with Crippen molar-refractivity contribution in [2.45, 2.75) is 39.0 Å². The third-order valence-corrected chi connectivity index (χ3v) is 6.23. The number of halogens is 2. The first-order chi connectivity index (χ1) is 16.5. The first kappa shape index (κ1) is 23.7. The van der Waals surface area contributed by atoms with Gasteiger partial charge in [0.15, 0.2) is 0 Å². The van der Waals surface area contributed by atoms with Crippen LogP contribution in [0.2, 0.25) is 0 Å². The average Bonchev–Trinajstić information content (AvgIpc) is 2.86. The zero-order chi connectivity index (χ0) is 23.9. The molecule has 0 unspecified atom stereocenters. The predicted molar refractivity (Wildman–Crippen MR) is 135 cm³/mol. The summed E-state index contributed by atoms with van der Waals surface area (Å²) in [4.78, 5) is 0. The number of aryl methyl sites for hydroxylation is 2. The fourth-order valence-electron chi connectivity index (χ4n) is 4.26. The van der Waals surface area contributed by atoms with Gasteiger partial charge >= 0.3 is 0 Å². The van der Waals surface area contributed by atoms with Gasteiger partial charge in [0.25, 0.3) is 0 Å². The molecule has 1 atom stereocenters. The first-order valence-electron chi connectivity index (χ1n) is 11.9. The molecule has 3 heteroatoms. The second kappa shape index (κ2) is 11.1. The van der Waals surface area contributed by atoms with Crippen LogP contribution in [0.3, 0.4) is 0 Å². The van der Waals surface area contributed by atoms with Crippen molar-refractivity contribution < 1.29 is 13.5 Å². The lowest BCUT2D eigenvalue weighted by molar-refractivity contribution is 0.340. The van der Waals surface area contributed by atoms with E-state index in [4.69, 9.17) is 4.74 Å². The molecule has 4 aromatic rings. The first-order valence-corrected chi connectivity index (χ1v) is 11.9. The monoisotopic (exact) mass is 456 g/mol. The van der Waals surface area contributed by atoms with Gasteiger partial charge in [-0.1, -0.05) is 73.7 Å². The Hall–Kier alpha value is -3.46.